The Hall–Kier alpha value is -2.66. The number of anilines is 1. The van der Waals surface area contributed by atoms with Gasteiger partial charge in [0.25, 0.3) is 0 Å². The van der Waals surface area contributed by atoms with Crippen molar-refractivity contribution in [1.82, 2.24) is 9.80 Å². The summed E-state index contributed by atoms with van der Waals surface area (Å²) in [5.41, 5.74) is 2.58. The van der Waals surface area contributed by atoms with Crippen molar-refractivity contribution >= 4 is 40.6 Å². The number of hydrogen-bond donors (Lipinski definition) is 2. The van der Waals surface area contributed by atoms with Crippen molar-refractivity contribution in [3.05, 3.63) is 64.2 Å². The van der Waals surface area contributed by atoms with Crippen LogP contribution in [0.4, 0.5) is 5.69 Å². The van der Waals surface area contributed by atoms with E-state index >= 15 is 0 Å². The molecule has 144 valence electrons. The lowest BCUT2D eigenvalue weighted by atomic mass is 10.1. The van der Waals surface area contributed by atoms with Gasteiger partial charge >= 0.3 is 5.97 Å². The summed E-state index contributed by atoms with van der Waals surface area (Å²) in [5, 5.41) is 21.8. The largest absolute Gasteiger partial charge is 0.478 e. The van der Waals surface area contributed by atoms with E-state index in [4.69, 9.17) is 34.2 Å². The van der Waals surface area contributed by atoms with Gasteiger partial charge in [0.2, 0.25) is 0 Å². The summed E-state index contributed by atoms with van der Waals surface area (Å²) in [5.74, 6) is -1.06. The number of carboxylic acids is 1. The van der Waals surface area contributed by atoms with Gasteiger partial charge in [-0.05, 0) is 48.1 Å². The summed E-state index contributed by atoms with van der Waals surface area (Å²) in [4.78, 5) is 15.5. The molecule has 2 aromatic carbocycles. The van der Waals surface area contributed by atoms with E-state index in [1.165, 1.54) is 11.6 Å². The highest BCUT2D eigenvalue weighted by Crippen LogP contribution is 2.21. The van der Waals surface area contributed by atoms with Crippen LogP contribution in [0.15, 0.2) is 42.5 Å². The fourth-order valence-electron chi connectivity index (χ4n) is 3.02. The second kappa shape index (κ2) is 9.02. The zero-order valence-electron chi connectivity index (χ0n) is 15.1. The molecule has 1 aliphatic heterocycles. The van der Waals surface area contributed by atoms with Gasteiger partial charge in [0.05, 0.1) is 22.2 Å². The summed E-state index contributed by atoms with van der Waals surface area (Å²) in [6, 6.07) is 14.5. The van der Waals surface area contributed by atoms with Gasteiger partial charge in [-0.1, -0.05) is 23.7 Å². The molecule has 8 heteroatoms. The van der Waals surface area contributed by atoms with Crippen LogP contribution in [-0.4, -0.2) is 52.2 Å². The zero-order chi connectivity index (χ0) is 20.1. The van der Waals surface area contributed by atoms with E-state index in [9.17, 15) is 4.79 Å². The summed E-state index contributed by atoms with van der Waals surface area (Å²) >= 11 is 11.5. The maximum atomic E-state index is 11.0. The minimum Gasteiger partial charge on any atom is -0.478 e. The number of benzene rings is 2. The number of hydrogen-bond acceptors (Lipinski definition) is 4. The van der Waals surface area contributed by atoms with Crippen LogP contribution >= 0.6 is 23.8 Å². The summed E-state index contributed by atoms with van der Waals surface area (Å²) in [6.45, 7) is 4.18. The molecule has 1 aliphatic rings. The van der Waals surface area contributed by atoms with Crippen LogP contribution in [-0.2, 0) is 6.54 Å². The topological polar surface area (TPSA) is 79.6 Å². The van der Waals surface area contributed by atoms with Crippen LogP contribution in [0.1, 0.15) is 21.5 Å². The van der Waals surface area contributed by atoms with E-state index in [1.54, 1.807) is 12.1 Å². The highest BCUT2D eigenvalue weighted by atomic mass is 35.5. The monoisotopic (exact) mass is 414 g/mol. The molecule has 2 N–H and O–H groups in total. The zero-order valence-corrected chi connectivity index (χ0v) is 16.6. The second-order valence-corrected chi connectivity index (χ2v) is 7.30. The van der Waals surface area contributed by atoms with E-state index in [0.717, 1.165) is 32.7 Å². The van der Waals surface area contributed by atoms with Gasteiger partial charge in [-0.15, -0.1) is 0 Å². The molecule has 2 aromatic rings. The highest BCUT2D eigenvalue weighted by Gasteiger charge is 2.19. The van der Waals surface area contributed by atoms with Crippen LogP contribution in [0.3, 0.4) is 0 Å². The second-order valence-electron chi connectivity index (χ2n) is 6.50. The van der Waals surface area contributed by atoms with Gasteiger partial charge < -0.3 is 15.3 Å². The predicted molar refractivity (Wildman–Crippen MR) is 113 cm³/mol. The van der Waals surface area contributed by atoms with Crippen LogP contribution in [0, 0.1) is 11.3 Å². The number of carboxylic acid groups (broad SMARTS) is 1. The van der Waals surface area contributed by atoms with Crippen LogP contribution in [0.2, 0.25) is 5.02 Å². The van der Waals surface area contributed by atoms with Crippen molar-refractivity contribution in [2.75, 3.05) is 31.5 Å². The molecule has 0 saturated carbocycles. The van der Waals surface area contributed by atoms with Gasteiger partial charge in [0.1, 0.15) is 0 Å². The Bertz CT molecular complexity index is 919. The van der Waals surface area contributed by atoms with Crippen molar-refractivity contribution in [3.8, 4) is 6.07 Å². The van der Waals surface area contributed by atoms with E-state index in [2.05, 4.69) is 21.2 Å². The van der Waals surface area contributed by atoms with Crippen molar-refractivity contribution < 1.29 is 9.90 Å². The maximum absolute atomic E-state index is 11.0. The molecule has 0 amide bonds. The first-order chi connectivity index (χ1) is 13.5. The number of nitriles is 1. The number of rotatable bonds is 4. The lowest BCUT2D eigenvalue weighted by molar-refractivity contribution is 0.0697. The Balaban J connectivity index is 1.51. The van der Waals surface area contributed by atoms with Gasteiger partial charge in [-0.25, -0.2) is 4.79 Å². The van der Waals surface area contributed by atoms with Gasteiger partial charge in [-0.3, -0.25) is 4.90 Å². The molecule has 0 aromatic heterocycles. The van der Waals surface area contributed by atoms with E-state index in [1.807, 2.05) is 24.3 Å². The molecule has 0 unspecified atom stereocenters. The van der Waals surface area contributed by atoms with Crippen molar-refractivity contribution in [2.45, 2.75) is 6.54 Å². The Morgan fingerprint density at radius 3 is 2.43 bits per heavy atom. The molecule has 1 saturated heterocycles. The van der Waals surface area contributed by atoms with E-state index in [0.29, 0.717) is 16.4 Å². The molecule has 3 rings (SSSR count). The Labute approximate surface area is 173 Å². The Kier molecular flexibility index (Phi) is 6.47. The first-order valence-corrected chi connectivity index (χ1v) is 9.55. The third-order valence-electron chi connectivity index (χ3n) is 4.60. The quantitative estimate of drug-likeness (QED) is 0.742. The molecule has 0 spiro atoms. The average molecular weight is 415 g/mol. The molecule has 28 heavy (non-hydrogen) atoms. The molecule has 0 atom stereocenters. The minimum absolute atomic E-state index is 0.0644. The smallest absolute Gasteiger partial charge is 0.337 e. The van der Waals surface area contributed by atoms with Gasteiger partial charge in [-0.2, -0.15) is 5.26 Å². The average Bonchev–Trinajstić information content (AvgIpc) is 2.69. The maximum Gasteiger partial charge on any atom is 0.337 e. The predicted octanol–water partition coefficient (Wildman–Crippen LogP) is 3.42. The van der Waals surface area contributed by atoms with E-state index in [-0.39, 0.29) is 10.6 Å². The third-order valence-corrected chi connectivity index (χ3v) is 5.27. The normalized spacial score (nSPS) is 14.4. The fourth-order valence-corrected chi connectivity index (χ4v) is 3.58. The SMILES string of the molecule is N#Cc1ccc(CN2CCN(C(=S)Nc3ccc(C(=O)O)c(Cl)c3)CC2)cc1. The number of nitrogens with one attached hydrogen (secondary N) is 1. The number of halogens is 1. The Morgan fingerprint density at radius 1 is 1.18 bits per heavy atom. The summed E-state index contributed by atoms with van der Waals surface area (Å²) < 4.78 is 0. The Morgan fingerprint density at radius 2 is 1.86 bits per heavy atom. The van der Waals surface area contributed by atoms with Crippen LogP contribution in [0.5, 0.6) is 0 Å². The third kappa shape index (κ3) is 4.98. The van der Waals surface area contributed by atoms with E-state index < -0.39 is 5.97 Å². The molecule has 0 bridgehead atoms. The molecular formula is C20H19ClN4O2S. The lowest BCUT2D eigenvalue weighted by Gasteiger charge is -2.36. The first kappa shape index (κ1) is 20.1. The van der Waals surface area contributed by atoms with Crippen molar-refractivity contribution in [2.24, 2.45) is 0 Å². The standard InChI is InChI=1S/C20H19ClN4O2S/c21-18-11-16(5-6-17(18)19(26)27)23-20(28)25-9-7-24(8-10-25)13-15-3-1-14(12-22)2-4-15/h1-6,11H,7-10,13H2,(H,23,28)(H,26,27). The van der Waals surface area contributed by atoms with Crippen molar-refractivity contribution in [3.63, 3.8) is 0 Å². The van der Waals surface area contributed by atoms with Crippen molar-refractivity contribution in [1.29, 1.82) is 5.26 Å². The van der Waals surface area contributed by atoms with Gasteiger partial charge in [0.15, 0.2) is 5.11 Å². The number of aromatic carboxylic acids is 1. The number of thiocarbonyl (C=S) groups is 1. The lowest BCUT2D eigenvalue weighted by Crippen LogP contribution is -2.49. The molecule has 0 aliphatic carbocycles. The van der Waals surface area contributed by atoms with Crippen LogP contribution in [0.25, 0.3) is 0 Å². The molecule has 6 nitrogen and oxygen atoms in total. The summed E-state index contributed by atoms with van der Waals surface area (Å²) in [6.07, 6.45) is 0. The number of carbonyl (C=O) groups is 1. The minimum atomic E-state index is -1.06. The molecule has 1 fully saturated rings. The first-order valence-electron chi connectivity index (χ1n) is 8.76. The summed E-state index contributed by atoms with van der Waals surface area (Å²) in [7, 11) is 0. The van der Waals surface area contributed by atoms with Gasteiger partial charge in [0, 0.05) is 38.4 Å². The number of piperazine rings is 1. The fraction of sp³-hybridized carbons (Fsp3) is 0.250. The number of nitrogens with zero attached hydrogens (tertiary/aromatic N) is 3. The molecular weight excluding hydrogens is 396 g/mol. The highest BCUT2D eigenvalue weighted by molar-refractivity contribution is 7.80. The molecule has 0 radical (unpaired) electrons. The molecule has 1 heterocycles. The van der Waals surface area contributed by atoms with Crippen LogP contribution < -0.4 is 5.32 Å².